The normalized spacial score (nSPS) is 27.4. The van der Waals surface area contributed by atoms with E-state index in [-0.39, 0.29) is 0 Å². The summed E-state index contributed by atoms with van der Waals surface area (Å²) in [6.45, 7) is 3.40. The lowest BCUT2D eigenvalue weighted by molar-refractivity contribution is 0.253. The smallest absolute Gasteiger partial charge is 0.0962 e. The SMILES string of the molecule is CCC1(N2CCCCC2=N)CC1. The lowest BCUT2D eigenvalue weighted by atomic mass is 10.0. The number of amidine groups is 1. The number of hydrogen-bond acceptors (Lipinski definition) is 1. The zero-order valence-electron chi connectivity index (χ0n) is 7.90. The van der Waals surface area contributed by atoms with Gasteiger partial charge in [0, 0.05) is 18.5 Å². The Hall–Kier alpha value is -0.530. The van der Waals surface area contributed by atoms with Crippen molar-refractivity contribution in [3.05, 3.63) is 0 Å². The molecule has 0 aromatic heterocycles. The largest absolute Gasteiger partial charge is 0.355 e. The number of hydrogen-bond donors (Lipinski definition) is 1. The van der Waals surface area contributed by atoms with E-state index in [1.54, 1.807) is 0 Å². The molecule has 1 aliphatic carbocycles. The Bertz CT molecular complexity index is 194. The molecule has 12 heavy (non-hydrogen) atoms. The summed E-state index contributed by atoms with van der Waals surface area (Å²) < 4.78 is 0. The Morgan fingerprint density at radius 3 is 2.67 bits per heavy atom. The molecule has 0 aromatic rings. The number of likely N-dealkylation sites (tertiary alicyclic amines) is 1. The van der Waals surface area contributed by atoms with Crippen molar-refractivity contribution in [2.24, 2.45) is 0 Å². The molecule has 2 fully saturated rings. The summed E-state index contributed by atoms with van der Waals surface area (Å²) in [5.74, 6) is 0.903. The third kappa shape index (κ3) is 1.13. The average molecular weight is 166 g/mol. The van der Waals surface area contributed by atoms with Gasteiger partial charge in [-0.15, -0.1) is 0 Å². The van der Waals surface area contributed by atoms with Crippen LogP contribution in [0, 0.1) is 5.41 Å². The quantitative estimate of drug-likeness (QED) is 0.670. The van der Waals surface area contributed by atoms with Crippen LogP contribution < -0.4 is 0 Å². The van der Waals surface area contributed by atoms with Gasteiger partial charge in [0.15, 0.2) is 0 Å². The Morgan fingerprint density at radius 1 is 1.42 bits per heavy atom. The first-order valence-electron chi connectivity index (χ1n) is 5.13. The predicted molar refractivity (Wildman–Crippen MR) is 50.5 cm³/mol. The van der Waals surface area contributed by atoms with E-state index in [4.69, 9.17) is 5.41 Å². The van der Waals surface area contributed by atoms with E-state index in [9.17, 15) is 0 Å². The van der Waals surface area contributed by atoms with Crippen molar-refractivity contribution in [2.75, 3.05) is 6.54 Å². The number of piperidine rings is 1. The van der Waals surface area contributed by atoms with Gasteiger partial charge < -0.3 is 4.90 Å². The molecular weight excluding hydrogens is 148 g/mol. The second-order valence-electron chi connectivity index (χ2n) is 4.13. The topological polar surface area (TPSA) is 27.1 Å². The van der Waals surface area contributed by atoms with E-state index < -0.39 is 0 Å². The molecule has 2 nitrogen and oxygen atoms in total. The van der Waals surface area contributed by atoms with Gasteiger partial charge in [0.2, 0.25) is 0 Å². The molecule has 0 atom stereocenters. The minimum atomic E-state index is 0.442. The molecule has 0 unspecified atom stereocenters. The second-order valence-corrected chi connectivity index (χ2v) is 4.13. The lowest BCUT2D eigenvalue weighted by Gasteiger charge is -2.36. The van der Waals surface area contributed by atoms with Gasteiger partial charge >= 0.3 is 0 Å². The highest BCUT2D eigenvalue weighted by molar-refractivity contribution is 5.81. The van der Waals surface area contributed by atoms with E-state index in [2.05, 4.69) is 11.8 Å². The van der Waals surface area contributed by atoms with Crippen LogP contribution in [0.25, 0.3) is 0 Å². The summed E-state index contributed by atoms with van der Waals surface area (Å²) in [5, 5.41) is 7.87. The van der Waals surface area contributed by atoms with Crippen molar-refractivity contribution < 1.29 is 0 Å². The van der Waals surface area contributed by atoms with Crippen LogP contribution in [0.2, 0.25) is 0 Å². The molecule has 1 aliphatic heterocycles. The van der Waals surface area contributed by atoms with E-state index in [0.717, 1.165) is 18.8 Å². The van der Waals surface area contributed by atoms with Gasteiger partial charge in [0.1, 0.15) is 0 Å². The van der Waals surface area contributed by atoms with Crippen LogP contribution in [-0.2, 0) is 0 Å². The number of rotatable bonds is 2. The van der Waals surface area contributed by atoms with E-state index >= 15 is 0 Å². The highest BCUT2D eigenvalue weighted by atomic mass is 15.3. The monoisotopic (exact) mass is 166 g/mol. The van der Waals surface area contributed by atoms with Gasteiger partial charge in [-0.25, -0.2) is 0 Å². The van der Waals surface area contributed by atoms with Gasteiger partial charge in [-0.2, -0.15) is 0 Å². The van der Waals surface area contributed by atoms with Crippen LogP contribution in [0.5, 0.6) is 0 Å². The molecule has 1 heterocycles. The van der Waals surface area contributed by atoms with Gasteiger partial charge in [0.25, 0.3) is 0 Å². The van der Waals surface area contributed by atoms with Crippen LogP contribution in [0.1, 0.15) is 45.4 Å². The maximum absolute atomic E-state index is 7.87. The molecule has 0 aromatic carbocycles. The van der Waals surface area contributed by atoms with Crippen LogP contribution in [0.4, 0.5) is 0 Å². The summed E-state index contributed by atoms with van der Waals surface area (Å²) in [6.07, 6.45) is 7.42. The predicted octanol–water partition coefficient (Wildman–Crippen LogP) is 2.39. The summed E-state index contributed by atoms with van der Waals surface area (Å²) in [6, 6.07) is 0. The molecule has 2 rings (SSSR count). The Balaban J connectivity index is 2.06. The maximum Gasteiger partial charge on any atom is 0.0962 e. The number of nitrogens with one attached hydrogen (secondary N) is 1. The first kappa shape index (κ1) is 8.09. The molecule has 1 saturated heterocycles. The fourth-order valence-electron chi connectivity index (χ4n) is 2.31. The zero-order valence-corrected chi connectivity index (χ0v) is 7.90. The van der Waals surface area contributed by atoms with Crippen molar-refractivity contribution >= 4 is 5.84 Å². The van der Waals surface area contributed by atoms with Crippen LogP contribution in [0.15, 0.2) is 0 Å². The fourth-order valence-corrected chi connectivity index (χ4v) is 2.31. The van der Waals surface area contributed by atoms with Gasteiger partial charge in [-0.1, -0.05) is 6.92 Å². The van der Waals surface area contributed by atoms with Gasteiger partial charge in [-0.3, -0.25) is 5.41 Å². The molecule has 0 bridgehead atoms. The van der Waals surface area contributed by atoms with Gasteiger partial charge in [-0.05, 0) is 32.1 Å². The molecule has 1 N–H and O–H groups in total. The molecular formula is C10H18N2. The standard InChI is InChI=1S/C10H18N2/c1-2-10(6-7-10)12-8-4-3-5-9(12)11/h11H,2-8H2,1H3. The summed E-state index contributed by atoms with van der Waals surface area (Å²) in [7, 11) is 0. The molecule has 0 amide bonds. The Kier molecular flexibility index (Phi) is 1.85. The molecule has 0 spiro atoms. The number of nitrogens with zero attached hydrogens (tertiary/aromatic N) is 1. The van der Waals surface area contributed by atoms with Crippen LogP contribution in [-0.4, -0.2) is 22.8 Å². The van der Waals surface area contributed by atoms with E-state index in [1.807, 2.05) is 0 Å². The molecule has 1 saturated carbocycles. The van der Waals surface area contributed by atoms with Crippen LogP contribution in [0.3, 0.4) is 0 Å². The van der Waals surface area contributed by atoms with Gasteiger partial charge in [0.05, 0.1) is 5.84 Å². The molecule has 2 aliphatic rings. The molecule has 68 valence electrons. The Labute approximate surface area is 74.5 Å². The highest BCUT2D eigenvalue weighted by Crippen LogP contribution is 2.45. The first-order valence-corrected chi connectivity index (χ1v) is 5.13. The molecule has 0 radical (unpaired) electrons. The highest BCUT2D eigenvalue weighted by Gasteiger charge is 2.47. The maximum atomic E-state index is 7.87. The average Bonchev–Trinajstić information content (AvgIpc) is 2.86. The summed E-state index contributed by atoms with van der Waals surface area (Å²) >= 11 is 0. The second kappa shape index (κ2) is 2.75. The third-order valence-electron chi connectivity index (χ3n) is 3.43. The van der Waals surface area contributed by atoms with Crippen LogP contribution >= 0.6 is 0 Å². The summed E-state index contributed by atoms with van der Waals surface area (Å²) in [5.41, 5.74) is 0.442. The lowest BCUT2D eigenvalue weighted by Crippen LogP contribution is -2.44. The summed E-state index contributed by atoms with van der Waals surface area (Å²) in [4.78, 5) is 2.37. The van der Waals surface area contributed by atoms with Crippen molar-refractivity contribution in [1.82, 2.24) is 4.90 Å². The fraction of sp³-hybridized carbons (Fsp3) is 0.900. The molecule has 2 heteroatoms. The van der Waals surface area contributed by atoms with Crippen molar-refractivity contribution in [2.45, 2.75) is 51.0 Å². The van der Waals surface area contributed by atoms with Crippen molar-refractivity contribution in [3.63, 3.8) is 0 Å². The van der Waals surface area contributed by atoms with Crippen molar-refractivity contribution in [1.29, 1.82) is 5.41 Å². The minimum Gasteiger partial charge on any atom is -0.355 e. The minimum absolute atomic E-state index is 0.442. The first-order chi connectivity index (χ1) is 5.78. The third-order valence-corrected chi connectivity index (χ3v) is 3.43. The van der Waals surface area contributed by atoms with E-state index in [1.165, 1.54) is 32.1 Å². The zero-order chi connectivity index (χ0) is 8.60. The van der Waals surface area contributed by atoms with E-state index in [0.29, 0.717) is 5.54 Å². The van der Waals surface area contributed by atoms with Crippen molar-refractivity contribution in [3.8, 4) is 0 Å². The Morgan fingerprint density at radius 2 is 2.17 bits per heavy atom.